The van der Waals surface area contributed by atoms with E-state index in [9.17, 15) is 0 Å². The highest BCUT2D eigenvalue weighted by Gasteiger charge is 2.05. The predicted molar refractivity (Wildman–Crippen MR) is 52.6 cm³/mol. The number of nitrogens with zero attached hydrogens (tertiary/aromatic N) is 2. The van der Waals surface area contributed by atoms with Crippen LogP contribution in [0.25, 0.3) is 0 Å². The van der Waals surface area contributed by atoms with E-state index in [0.29, 0.717) is 10.7 Å². The minimum atomic E-state index is 0.316. The van der Waals surface area contributed by atoms with Gasteiger partial charge in [-0.15, -0.1) is 0 Å². The molecule has 1 rings (SSSR count). The highest BCUT2D eigenvalue weighted by Crippen LogP contribution is 2.17. The van der Waals surface area contributed by atoms with Gasteiger partial charge in [0.25, 0.3) is 0 Å². The van der Waals surface area contributed by atoms with Gasteiger partial charge in [0.15, 0.2) is 0 Å². The molecule has 0 saturated heterocycles. The van der Waals surface area contributed by atoms with Crippen molar-refractivity contribution < 1.29 is 0 Å². The normalized spacial score (nSPS) is 9.62. The van der Waals surface area contributed by atoms with Crippen LogP contribution in [0.4, 0.5) is 0 Å². The number of aromatic nitrogens is 1. The van der Waals surface area contributed by atoms with E-state index in [1.165, 1.54) is 0 Å². The number of hydrogen-bond acceptors (Lipinski definition) is 2. The first kappa shape index (κ1) is 10.0. The Bertz CT molecular complexity index is 328. The molecule has 0 saturated carbocycles. The number of nitriles is 1. The summed E-state index contributed by atoms with van der Waals surface area (Å²) in [5, 5.41) is 9.14. The van der Waals surface area contributed by atoms with Crippen LogP contribution in [0.5, 0.6) is 0 Å². The number of unbranched alkanes of at least 4 members (excludes halogenated alkanes) is 1. The van der Waals surface area contributed by atoms with Crippen molar-refractivity contribution in [2.24, 2.45) is 0 Å². The van der Waals surface area contributed by atoms with E-state index < -0.39 is 0 Å². The van der Waals surface area contributed by atoms with Gasteiger partial charge in [-0.2, -0.15) is 5.26 Å². The zero-order valence-corrected chi connectivity index (χ0v) is 8.30. The van der Waals surface area contributed by atoms with E-state index in [4.69, 9.17) is 16.9 Å². The molecular formula is C10H11ClN2. The second-order valence-corrected chi connectivity index (χ2v) is 3.21. The van der Waals surface area contributed by atoms with Gasteiger partial charge in [-0.25, -0.2) is 4.98 Å². The average Bonchev–Trinajstić information content (AvgIpc) is 2.15. The van der Waals surface area contributed by atoms with Gasteiger partial charge in [-0.3, -0.25) is 0 Å². The molecule has 0 N–H and O–H groups in total. The van der Waals surface area contributed by atoms with Crippen LogP contribution < -0.4 is 0 Å². The number of hydrogen-bond donors (Lipinski definition) is 0. The van der Waals surface area contributed by atoms with Gasteiger partial charge in [0.2, 0.25) is 0 Å². The maximum atomic E-state index is 8.82. The van der Waals surface area contributed by atoms with E-state index >= 15 is 0 Å². The summed E-state index contributed by atoms with van der Waals surface area (Å²) in [5.74, 6) is 0. The highest BCUT2D eigenvalue weighted by atomic mass is 35.5. The standard InChI is InChI=1S/C10H11ClN2/c1-2-3-4-8-5-6-13-10(11)9(8)7-12/h5-6H,2-4H2,1H3. The molecule has 0 aromatic carbocycles. The Morgan fingerprint density at radius 2 is 2.38 bits per heavy atom. The lowest BCUT2D eigenvalue weighted by molar-refractivity contribution is 0.792. The average molecular weight is 195 g/mol. The molecule has 2 nitrogen and oxygen atoms in total. The van der Waals surface area contributed by atoms with Crippen LogP contribution in [0.15, 0.2) is 12.3 Å². The summed E-state index contributed by atoms with van der Waals surface area (Å²) < 4.78 is 0. The lowest BCUT2D eigenvalue weighted by Crippen LogP contribution is -1.92. The van der Waals surface area contributed by atoms with E-state index in [-0.39, 0.29) is 0 Å². The SMILES string of the molecule is CCCCc1ccnc(Cl)c1C#N. The maximum absolute atomic E-state index is 8.82. The molecule has 1 aromatic heterocycles. The maximum Gasteiger partial charge on any atom is 0.147 e. The molecule has 68 valence electrons. The number of rotatable bonds is 3. The minimum Gasteiger partial charge on any atom is -0.243 e. The second kappa shape index (κ2) is 4.84. The third kappa shape index (κ3) is 2.43. The Hall–Kier alpha value is -1.07. The van der Waals surface area contributed by atoms with Crippen molar-refractivity contribution in [3.63, 3.8) is 0 Å². The van der Waals surface area contributed by atoms with Crippen LogP contribution >= 0.6 is 11.6 Å². The lowest BCUT2D eigenvalue weighted by atomic mass is 10.1. The van der Waals surface area contributed by atoms with Gasteiger partial charge in [0, 0.05) is 6.20 Å². The van der Waals surface area contributed by atoms with Gasteiger partial charge < -0.3 is 0 Å². The molecule has 13 heavy (non-hydrogen) atoms. The predicted octanol–water partition coefficient (Wildman–Crippen LogP) is 2.95. The van der Waals surface area contributed by atoms with Crippen LogP contribution in [0.1, 0.15) is 30.9 Å². The van der Waals surface area contributed by atoms with Gasteiger partial charge in [0.05, 0.1) is 5.56 Å². The number of pyridine rings is 1. The molecule has 0 aliphatic rings. The quantitative estimate of drug-likeness (QED) is 0.694. The van der Waals surface area contributed by atoms with Gasteiger partial charge in [-0.05, 0) is 24.5 Å². The fraction of sp³-hybridized carbons (Fsp3) is 0.400. The summed E-state index contributed by atoms with van der Waals surface area (Å²) in [6, 6.07) is 3.94. The third-order valence-corrected chi connectivity index (χ3v) is 2.19. The molecule has 0 aliphatic heterocycles. The summed E-state index contributed by atoms with van der Waals surface area (Å²) in [5.41, 5.74) is 1.53. The first-order valence-corrected chi connectivity index (χ1v) is 4.71. The second-order valence-electron chi connectivity index (χ2n) is 2.85. The molecule has 0 aliphatic carbocycles. The van der Waals surface area contributed by atoms with Crippen LogP contribution in [-0.4, -0.2) is 4.98 Å². The first-order chi connectivity index (χ1) is 6.29. The van der Waals surface area contributed by atoms with Crippen molar-refractivity contribution in [2.75, 3.05) is 0 Å². The highest BCUT2D eigenvalue weighted by molar-refractivity contribution is 6.30. The zero-order chi connectivity index (χ0) is 9.68. The first-order valence-electron chi connectivity index (χ1n) is 4.33. The molecule has 0 spiro atoms. The largest absolute Gasteiger partial charge is 0.243 e. The minimum absolute atomic E-state index is 0.316. The van der Waals surface area contributed by atoms with E-state index in [1.807, 2.05) is 6.07 Å². The van der Waals surface area contributed by atoms with Crippen LogP contribution in [-0.2, 0) is 6.42 Å². The molecule has 1 heterocycles. The summed E-state index contributed by atoms with van der Waals surface area (Å²) in [6.45, 7) is 2.12. The van der Waals surface area contributed by atoms with Gasteiger partial charge in [-0.1, -0.05) is 24.9 Å². The summed E-state index contributed by atoms with van der Waals surface area (Å²) in [6.07, 6.45) is 4.75. The topological polar surface area (TPSA) is 36.7 Å². The Labute approximate surface area is 83.2 Å². The molecular weight excluding hydrogens is 184 g/mol. The Morgan fingerprint density at radius 1 is 1.62 bits per heavy atom. The molecule has 0 radical (unpaired) electrons. The summed E-state index contributed by atoms with van der Waals surface area (Å²) in [7, 11) is 0. The monoisotopic (exact) mass is 194 g/mol. The van der Waals surface area contributed by atoms with Gasteiger partial charge in [0.1, 0.15) is 11.2 Å². The van der Waals surface area contributed by atoms with Crippen molar-refractivity contribution in [1.29, 1.82) is 5.26 Å². The van der Waals surface area contributed by atoms with Crippen LogP contribution in [0, 0.1) is 11.3 Å². The van der Waals surface area contributed by atoms with Crippen molar-refractivity contribution in [3.05, 3.63) is 28.5 Å². The molecule has 0 amide bonds. The van der Waals surface area contributed by atoms with Crippen molar-refractivity contribution in [2.45, 2.75) is 26.2 Å². The van der Waals surface area contributed by atoms with Gasteiger partial charge >= 0.3 is 0 Å². The summed E-state index contributed by atoms with van der Waals surface area (Å²) in [4.78, 5) is 3.86. The van der Waals surface area contributed by atoms with E-state index in [2.05, 4.69) is 18.0 Å². The van der Waals surface area contributed by atoms with Crippen molar-refractivity contribution in [3.8, 4) is 6.07 Å². The molecule has 0 atom stereocenters. The fourth-order valence-electron chi connectivity index (χ4n) is 1.17. The molecule has 0 fully saturated rings. The Morgan fingerprint density at radius 3 is 3.00 bits per heavy atom. The van der Waals surface area contributed by atoms with E-state index in [0.717, 1.165) is 24.8 Å². The van der Waals surface area contributed by atoms with Crippen LogP contribution in [0.3, 0.4) is 0 Å². The fourth-order valence-corrected chi connectivity index (χ4v) is 1.39. The lowest BCUT2D eigenvalue weighted by Gasteiger charge is -2.02. The van der Waals surface area contributed by atoms with Crippen molar-refractivity contribution >= 4 is 11.6 Å². The van der Waals surface area contributed by atoms with E-state index in [1.54, 1.807) is 6.20 Å². The van der Waals surface area contributed by atoms with Crippen molar-refractivity contribution in [1.82, 2.24) is 4.98 Å². The van der Waals surface area contributed by atoms with Crippen LogP contribution in [0.2, 0.25) is 5.15 Å². The molecule has 0 bridgehead atoms. The molecule has 1 aromatic rings. The molecule has 3 heteroatoms. The zero-order valence-electron chi connectivity index (χ0n) is 7.55. The summed E-state index contributed by atoms with van der Waals surface area (Å²) >= 11 is 5.77. The third-order valence-electron chi connectivity index (χ3n) is 1.90. The Kier molecular flexibility index (Phi) is 3.72. The smallest absolute Gasteiger partial charge is 0.147 e. The number of aryl methyl sites for hydroxylation is 1. The Balaban J connectivity index is 2.93. The number of halogens is 1. The molecule has 0 unspecified atom stereocenters.